The molecule has 0 aliphatic carbocycles. The van der Waals surface area contributed by atoms with E-state index in [1.165, 1.54) is 30.7 Å². The summed E-state index contributed by atoms with van der Waals surface area (Å²) < 4.78 is 44.5. The molecular weight excluding hydrogens is 444 g/mol. The topological polar surface area (TPSA) is 94.2 Å². The summed E-state index contributed by atoms with van der Waals surface area (Å²) in [5.74, 6) is 0.985. The minimum absolute atomic E-state index is 0.0867. The fraction of sp³-hybridized carbons (Fsp3) is 0.208. The summed E-state index contributed by atoms with van der Waals surface area (Å²) in [5.41, 5.74) is 1.77. The predicted octanol–water partition coefficient (Wildman–Crippen LogP) is 3.61. The van der Waals surface area contributed by atoms with Crippen LogP contribution in [0.1, 0.15) is 5.56 Å². The Hall–Kier alpha value is -3.72. The van der Waals surface area contributed by atoms with Gasteiger partial charge in [0.25, 0.3) is 15.9 Å². The highest BCUT2D eigenvalue weighted by molar-refractivity contribution is 7.92. The molecule has 0 bridgehead atoms. The van der Waals surface area contributed by atoms with Crippen LogP contribution in [0.5, 0.6) is 17.2 Å². The van der Waals surface area contributed by atoms with Crippen molar-refractivity contribution in [2.75, 3.05) is 30.4 Å². The molecule has 0 fully saturated rings. The highest BCUT2D eigenvalue weighted by Gasteiger charge is 2.37. The fourth-order valence-electron chi connectivity index (χ4n) is 3.52. The van der Waals surface area contributed by atoms with Crippen molar-refractivity contribution in [3.05, 3.63) is 72.3 Å². The summed E-state index contributed by atoms with van der Waals surface area (Å²) in [7, 11) is -0.922. The van der Waals surface area contributed by atoms with Gasteiger partial charge < -0.3 is 19.5 Å². The maximum Gasteiger partial charge on any atom is 0.267 e. The zero-order valence-corrected chi connectivity index (χ0v) is 19.3. The molecule has 0 saturated carbocycles. The van der Waals surface area contributed by atoms with Crippen LogP contribution < -0.4 is 23.8 Å². The number of fused-ring (bicyclic) bond motifs is 1. The molecule has 3 aromatic carbocycles. The lowest BCUT2D eigenvalue weighted by Crippen LogP contribution is -2.48. The molecule has 9 heteroatoms. The average Bonchev–Trinajstić information content (AvgIpc) is 2.83. The number of methoxy groups -OCH3 is 2. The van der Waals surface area contributed by atoms with E-state index >= 15 is 0 Å². The smallest absolute Gasteiger partial charge is 0.267 e. The Bertz CT molecular complexity index is 1270. The SMILES string of the molecule is COc1ccc(S(=O)(=O)N2CC(C(=O)Nc3cccc(OC)c3)Oc3cc(C)ccc32)cc1. The number of nitrogens with zero attached hydrogens (tertiary/aromatic N) is 1. The van der Waals surface area contributed by atoms with Gasteiger partial charge in [0.05, 0.1) is 31.3 Å². The molecule has 33 heavy (non-hydrogen) atoms. The van der Waals surface area contributed by atoms with Gasteiger partial charge in [-0.05, 0) is 61.0 Å². The molecule has 0 radical (unpaired) electrons. The lowest BCUT2D eigenvalue weighted by atomic mass is 10.1. The van der Waals surface area contributed by atoms with Gasteiger partial charge >= 0.3 is 0 Å². The molecule has 1 N–H and O–H groups in total. The van der Waals surface area contributed by atoms with Gasteiger partial charge in [0.2, 0.25) is 0 Å². The van der Waals surface area contributed by atoms with Gasteiger partial charge in [0, 0.05) is 11.8 Å². The number of benzene rings is 3. The molecule has 1 aliphatic heterocycles. The van der Waals surface area contributed by atoms with E-state index in [2.05, 4.69) is 5.32 Å². The zero-order chi connectivity index (χ0) is 23.6. The minimum atomic E-state index is -3.97. The summed E-state index contributed by atoms with van der Waals surface area (Å²) >= 11 is 0. The number of rotatable bonds is 6. The molecule has 1 amide bonds. The Morgan fingerprint density at radius 1 is 1.00 bits per heavy atom. The van der Waals surface area contributed by atoms with E-state index in [-0.39, 0.29) is 11.4 Å². The van der Waals surface area contributed by atoms with Crippen molar-refractivity contribution in [1.82, 2.24) is 0 Å². The number of carbonyl (C=O) groups is 1. The van der Waals surface area contributed by atoms with Gasteiger partial charge in [-0.15, -0.1) is 0 Å². The third kappa shape index (κ3) is 4.58. The van der Waals surface area contributed by atoms with Crippen molar-refractivity contribution >= 4 is 27.3 Å². The number of amides is 1. The Morgan fingerprint density at radius 3 is 2.42 bits per heavy atom. The summed E-state index contributed by atoms with van der Waals surface area (Å²) in [6, 6.07) is 18.2. The number of hydrogen-bond acceptors (Lipinski definition) is 6. The average molecular weight is 469 g/mol. The Morgan fingerprint density at radius 2 is 1.73 bits per heavy atom. The van der Waals surface area contributed by atoms with Crippen LogP contribution in [0.3, 0.4) is 0 Å². The van der Waals surface area contributed by atoms with E-state index < -0.39 is 22.0 Å². The summed E-state index contributed by atoms with van der Waals surface area (Å²) in [6.07, 6.45) is -1.06. The van der Waals surface area contributed by atoms with E-state index in [4.69, 9.17) is 14.2 Å². The number of sulfonamides is 1. The van der Waals surface area contributed by atoms with E-state index in [1.54, 1.807) is 54.6 Å². The van der Waals surface area contributed by atoms with Crippen LogP contribution in [0.25, 0.3) is 0 Å². The van der Waals surface area contributed by atoms with Crippen molar-refractivity contribution in [2.24, 2.45) is 0 Å². The van der Waals surface area contributed by atoms with Crippen LogP contribution in [-0.4, -0.2) is 41.2 Å². The first-order valence-corrected chi connectivity index (χ1v) is 11.6. The fourth-order valence-corrected chi connectivity index (χ4v) is 5.00. The summed E-state index contributed by atoms with van der Waals surface area (Å²) in [5, 5.41) is 2.78. The monoisotopic (exact) mass is 468 g/mol. The summed E-state index contributed by atoms with van der Waals surface area (Å²) in [6.45, 7) is 1.69. The maximum atomic E-state index is 13.5. The molecule has 172 valence electrons. The lowest BCUT2D eigenvalue weighted by Gasteiger charge is -2.35. The number of nitrogens with one attached hydrogen (secondary N) is 1. The molecule has 4 rings (SSSR count). The molecule has 8 nitrogen and oxygen atoms in total. The molecule has 0 spiro atoms. The van der Waals surface area contributed by atoms with Gasteiger partial charge in [-0.2, -0.15) is 0 Å². The molecule has 3 aromatic rings. The van der Waals surface area contributed by atoms with Crippen LogP contribution in [0.2, 0.25) is 0 Å². The second kappa shape index (κ2) is 9.03. The van der Waals surface area contributed by atoms with Crippen molar-refractivity contribution in [2.45, 2.75) is 17.9 Å². The number of hydrogen-bond donors (Lipinski definition) is 1. The van der Waals surface area contributed by atoms with Gasteiger partial charge in [-0.3, -0.25) is 9.10 Å². The van der Waals surface area contributed by atoms with E-state index in [0.29, 0.717) is 28.6 Å². The predicted molar refractivity (Wildman–Crippen MR) is 125 cm³/mol. The molecule has 1 aliphatic rings. The minimum Gasteiger partial charge on any atom is -0.497 e. The van der Waals surface area contributed by atoms with Crippen molar-refractivity contribution in [1.29, 1.82) is 0 Å². The zero-order valence-electron chi connectivity index (χ0n) is 18.4. The van der Waals surface area contributed by atoms with Crippen LogP contribution in [0, 0.1) is 6.92 Å². The van der Waals surface area contributed by atoms with E-state index in [0.717, 1.165) is 5.56 Å². The van der Waals surface area contributed by atoms with Crippen LogP contribution in [0.15, 0.2) is 71.6 Å². The van der Waals surface area contributed by atoms with E-state index in [9.17, 15) is 13.2 Å². The van der Waals surface area contributed by atoms with Gasteiger partial charge in [-0.25, -0.2) is 8.42 Å². The lowest BCUT2D eigenvalue weighted by molar-refractivity contribution is -0.122. The van der Waals surface area contributed by atoms with Crippen molar-refractivity contribution in [3.8, 4) is 17.2 Å². The maximum absolute atomic E-state index is 13.5. The first-order valence-electron chi connectivity index (χ1n) is 10.2. The normalized spacial score (nSPS) is 15.2. The number of ether oxygens (including phenoxy) is 3. The van der Waals surface area contributed by atoms with Crippen LogP contribution >= 0.6 is 0 Å². The summed E-state index contributed by atoms with van der Waals surface area (Å²) in [4.78, 5) is 13.1. The first-order chi connectivity index (χ1) is 15.8. The Balaban J connectivity index is 1.67. The third-order valence-corrected chi connectivity index (χ3v) is 7.06. The Kier molecular flexibility index (Phi) is 6.15. The molecule has 1 atom stereocenters. The largest absolute Gasteiger partial charge is 0.497 e. The highest BCUT2D eigenvalue weighted by atomic mass is 32.2. The quantitative estimate of drug-likeness (QED) is 0.594. The molecule has 0 aromatic heterocycles. The second-order valence-electron chi connectivity index (χ2n) is 7.51. The van der Waals surface area contributed by atoms with Crippen LogP contribution in [-0.2, 0) is 14.8 Å². The van der Waals surface area contributed by atoms with Gasteiger partial charge in [0.1, 0.15) is 17.2 Å². The van der Waals surface area contributed by atoms with Gasteiger partial charge in [-0.1, -0.05) is 12.1 Å². The number of anilines is 2. The molecule has 0 saturated heterocycles. The van der Waals surface area contributed by atoms with E-state index in [1.807, 2.05) is 6.92 Å². The van der Waals surface area contributed by atoms with Gasteiger partial charge in [0.15, 0.2) is 6.10 Å². The number of aryl methyl sites for hydroxylation is 1. The standard InChI is InChI=1S/C24H24N2O6S/c1-16-7-12-21-22(13-16)32-23(24(27)25-17-5-4-6-19(14-17)31-3)15-26(21)33(28,29)20-10-8-18(30-2)9-11-20/h4-14,23H,15H2,1-3H3,(H,25,27). The van der Waals surface area contributed by atoms with Crippen molar-refractivity contribution < 1.29 is 27.4 Å². The highest BCUT2D eigenvalue weighted by Crippen LogP contribution is 2.38. The molecule has 1 heterocycles. The molecular formula is C24H24N2O6S. The second-order valence-corrected chi connectivity index (χ2v) is 9.37. The van der Waals surface area contributed by atoms with Crippen molar-refractivity contribution in [3.63, 3.8) is 0 Å². The first kappa shape index (κ1) is 22.5. The van der Waals surface area contributed by atoms with Crippen LogP contribution in [0.4, 0.5) is 11.4 Å². The number of carbonyl (C=O) groups excluding carboxylic acids is 1. The third-order valence-electron chi connectivity index (χ3n) is 5.26. The molecule has 1 unspecified atom stereocenters. The Labute approximate surface area is 192 Å².